The molecule has 7 heteroatoms. The van der Waals surface area contributed by atoms with Gasteiger partial charge in [0.1, 0.15) is 12.7 Å². The van der Waals surface area contributed by atoms with Crippen LogP contribution in [0.1, 0.15) is 21.5 Å². The summed E-state index contributed by atoms with van der Waals surface area (Å²) in [5.74, 6) is -0.136. The van der Waals surface area contributed by atoms with Crippen LogP contribution in [0.25, 0.3) is 0 Å². The van der Waals surface area contributed by atoms with Gasteiger partial charge in [-0.05, 0) is 51.9 Å². The Labute approximate surface area is 158 Å². The van der Waals surface area contributed by atoms with Crippen molar-refractivity contribution >= 4 is 40.1 Å². The molecule has 1 aromatic heterocycles. The number of halogens is 2. The third-order valence-corrected chi connectivity index (χ3v) is 4.60. The lowest BCUT2D eigenvalue weighted by atomic mass is 10.1. The van der Waals surface area contributed by atoms with Gasteiger partial charge in [0.15, 0.2) is 0 Å². The molecule has 5 nitrogen and oxygen atoms in total. The van der Waals surface area contributed by atoms with E-state index in [0.29, 0.717) is 23.7 Å². The fourth-order valence-corrected chi connectivity index (χ4v) is 3.04. The fourth-order valence-electron chi connectivity index (χ4n) is 2.29. The van der Waals surface area contributed by atoms with Gasteiger partial charge in [0.05, 0.1) is 12.1 Å². The highest BCUT2D eigenvalue weighted by Gasteiger charge is 2.10. The van der Waals surface area contributed by atoms with Gasteiger partial charge in [0.2, 0.25) is 0 Å². The van der Waals surface area contributed by atoms with Crippen LogP contribution in [-0.4, -0.2) is 20.7 Å². The van der Waals surface area contributed by atoms with Gasteiger partial charge in [-0.3, -0.25) is 4.79 Å². The molecule has 0 aliphatic carbocycles. The molecule has 122 valence electrons. The van der Waals surface area contributed by atoms with Gasteiger partial charge in [-0.15, -0.1) is 0 Å². The molecule has 0 aliphatic heterocycles. The lowest BCUT2D eigenvalue weighted by molar-refractivity contribution is 0.0950. The maximum absolute atomic E-state index is 12.3. The highest BCUT2D eigenvalue weighted by atomic mass is 127. The Hall–Kier alpha value is -1.93. The van der Waals surface area contributed by atoms with Crippen LogP contribution in [0.4, 0.5) is 0 Å². The molecule has 1 N–H and O–H groups in total. The molecule has 24 heavy (non-hydrogen) atoms. The Kier molecular flexibility index (Phi) is 5.47. The molecule has 2 aromatic carbocycles. The number of nitrogens with zero attached hydrogens (tertiary/aromatic N) is 3. The molecular weight excluding hydrogens is 439 g/mol. The summed E-state index contributed by atoms with van der Waals surface area (Å²) in [7, 11) is 0. The number of nitrogens with one attached hydrogen (secondary N) is 1. The SMILES string of the molecule is O=C(NCc1cccc(Cn2cncn2)c1)c1cc(Cl)ccc1I. The minimum atomic E-state index is -0.136. The van der Waals surface area contributed by atoms with Crippen LogP contribution in [-0.2, 0) is 13.1 Å². The van der Waals surface area contributed by atoms with Gasteiger partial charge < -0.3 is 5.32 Å². The van der Waals surface area contributed by atoms with Gasteiger partial charge in [-0.2, -0.15) is 5.10 Å². The van der Waals surface area contributed by atoms with E-state index in [9.17, 15) is 4.79 Å². The monoisotopic (exact) mass is 452 g/mol. The highest BCUT2D eigenvalue weighted by molar-refractivity contribution is 14.1. The summed E-state index contributed by atoms with van der Waals surface area (Å²) < 4.78 is 2.63. The Morgan fingerprint density at radius 2 is 2.04 bits per heavy atom. The van der Waals surface area contributed by atoms with E-state index in [2.05, 4.69) is 38.0 Å². The molecule has 0 atom stereocenters. The third-order valence-electron chi connectivity index (χ3n) is 3.43. The standard InChI is InChI=1S/C17H14ClIN4O/c18-14-4-5-16(19)15(7-14)17(24)21-8-12-2-1-3-13(6-12)9-23-11-20-10-22-23/h1-7,10-11H,8-9H2,(H,21,24). The second-order valence-electron chi connectivity index (χ2n) is 5.22. The van der Waals surface area contributed by atoms with Crippen molar-refractivity contribution < 1.29 is 4.79 Å². The van der Waals surface area contributed by atoms with Gasteiger partial charge >= 0.3 is 0 Å². The average molecular weight is 453 g/mol. The number of hydrogen-bond donors (Lipinski definition) is 1. The molecule has 0 fully saturated rings. The van der Waals surface area contributed by atoms with Crippen molar-refractivity contribution in [2.24, 2.45) is 0 Å². The van der Waals surface area contributed by atoms with Crippen LogP contribution in [0.2, 0.25) is 5.02 Å². The number of benzene rings is 2. The first-order chi connectivity index (χ1) is 11.6. The second kappa shape index (κ2) is 7.76. The van der Waals surface area contributed by atoms with Gasteiger partial charge in [-0.1, -0.05) is 35.9 Å². The third kappa shape index (κ3) is 4.33. The van der Waals surface area contributed by atoms with Crippen molar-refractivity contribution in [3.8, 4) is 0 Å². The summed E-state index contributed by atoms with van der Waals surface area (Å²) >= 11 is 8.10. The molecule has 0 bridgehead atoms. The zero-order valence-corrected chi connectivity index (χ0v) is 15.5. The Morgan fingerprint density at radius 3 is 2.83 bits per heavy atom. The lowest BCUT2D eigenvalue weighted by Crippen LogP contribution is -2.23. The average Bonchev–Trinajstić information content (AvgIpc) is 3.08. The van der Waals surface area contributed by atoms with Crippen molar-refractivity contribution in [2.45, 2.75) is 13.1 Å². The molecule has 0 spiro atoms. The topological polar surface area (TPSA) is 59.8 Å². The Morgan fingerprint density at radius 1 is 1.21 bits per heavy atom. The van der Waals surface area contributed by atoms with Gasteiger partial charge in [0.25, 0.3) is 5.91 Å². The van der Waals surface area contributed by atoms with Crippen LogP contribution in [0.3, 0.4) is 0 Å². The first kappa shape index (κ1) is 16.9. The van der Waals surface area contributed by atoms with Crippen molar-refractivity contribution in [2.75, 3.05) is 0 Å². The van der Waals surface area contributed by atoms with Gasteiger partial charge in [0, 0.05) is 15.1 Å². The van der Waals surface area contributed by atoms with Crippen LogP contribution in [0, 0.1) is 3.57 Å². The number of amides is 1. The summed E-state index contributed by atoms with van der Waals surface area (Å²) in [4.78, 5) is 16.3. The molecule has 1 heterocycles. The number of hydrogen-bond acceptors (Lipinski definition) is 3. The predicted octanol–water partition coefficient (Wildman–Crippen LogP) is 3.51. The summed E-state index contributed by atoms with van der Waals surface area (Å²) in [5, 5.41) is 7.58. The smallest absolute Gasteiger partial charge is 0.252 e. The minimum Gasteiger partial charge on any atom is -0.348 e. The molecule has 0 radical (unpaired) electrons. The summed E-state index contributed by atoms with van der Waals surface area (Å²) in [6.45, 7) is 1.10. The van der Waals surface area contributed by atoms with E-state index in [1.54, 1.807) is 23.1 Å². The van der Waals surface area contributed by atoms with Crippen molar-refractivity contribution in [3.63, 3.8) is 0 Å². The van der Waals surface area contributed by atoms with Crippen molar-refractivity contribution in [3.05, 3.63) is 80.4 Å². The number of carbonyl (C=O) groups excluding carboxylic acids is 1. The fraction of sp³-hybridized carbons (Fsp3) is 0.118. The predicted molar refractivity (Wildman–Crippen MR) is 101 cm³/mol. The van der Waals surface area contributed by atoms with E-state index in [0.717, 1.165) is 14.7 Å². The van der Waals surface area contributed by atoms with Gasteiger partial charge in [-0.25, -0.2) is 9.67 Å². The summed E-state index contributed by atoms with van der Waals surface area (Å²) in [6.07, 6.45) is 3.19. The molecule has 1 amide bonds. The first-order valence-corrected chi connectivity index (χ1v) is 8.71. The van der Waals surface area contributed by atoms with E-state index < -0.39 is 0 Å². The van der Waals surface area contributed by atoms with Crippen molar-refractivity contribution in [1.29, 1.82) is 0 Å². The molecule has 0 saturated carbocycles. The molecule has 3 aromatic rings. The first-order valence-electron chi connectivity index (χ1n) is 7.25. The number of rotatable bonds is 5. The van der Waals surface area contributed by atoms with E-state index in [4.69, 9.17) is 11.6 Å². The second-order valence-corrected chi connectivity index (χ2v) is 6.82. The molecule has 0 unspecified atom stereocenters. The molecular formula is C17H14ClIN4O. The largest absolute Gasteiger partial charge is 0.348 e. The number of aromatic nitrogens is 3. The van der Waals surface area contributed by atoms with E-state index in [-0.39, 0.29) is 5.91 Å². The summed E-state index contributed by atoms with van der Waals surface area (Å²) in [5.41, 5.74) is 2.71. The highest BCUT2D eigenvalue weighted by Crippen LogP contribution is 2.18. The maximum Gasteiger partial charge on any atom is 0.252 e. The van der Waals surface area contributed by atoms with Crippen LogP contribution in [0.15, 0.2) is 55.1 Å². The zero-order chi connectivity index (χ0) is 16.9. The lowest BCUT2D eigenvalue weighted by Gasteiger charge is -2.09. The van der Waals surface area contributed by atoms with E-state index in [1.807, 2.05) is 30.3 Å². The summed E-state index contributed by atoms with van der Waals surface area (Å²) in [6, 6.07) is 13.3. The molecule has 0 saturated heterocycles. The molecule has 3 rings (SSSR count). The molecule has 0 aliphatic rings. The van der Waals surface area contributed by atoms with Crippen molar-refractivity contribution in [1.82, 2.24) is 20.1 Å². The van der Waals surface area contributed by atoms with Crippen LogP contribution < -0.4 is 5.32 Å². The van der Waals surface area contributed by atoms with E-state index in [1.165, 1.54) is 6.33 Å². The minimum absolute atomic E-state index is 0.136. The quantitative estimate of drug-likeness (QED) is 0.603. The normalized spacial score (nSPS) is 10.6. The zero-order valence-electron chi connectivity index (χ0n) is 12.6. The van der Waals surface area contributed by atoms with Crippen LogP contribution >= 0.6 is 34.2 Å². The Bertz CT molecular complexity index is 852. The Balaban J connectivity index is 1.66. The van der Waals surface area contributed by atoms with E-state index >= 15 is 0 Å². The van der Waals surface area contributed by atoms with Crippen LogP contribution in [0.5, 0.6) is 0 Å². The maximum atomic E-state index is 12.3. The number of carbonyl (C=O) groups is 1.